The normalized spacial score (nSPS) is 15.9. The van der Waals surface area contributed by atoms with Crippen molar-refractivity contribution in [2.45, 2.75) is 38.0 Å². The van der Waals surface area contributed by atoms with Gasteiger partial charge in [0.1, 0.15) is 5.82 Å². The fourth-order valence-corrected chi connectivity index (χ4v) is 3.31. The van der Waals surface area contributed by atoms with Gasteiger partial charge in [0.25, 0.3) is 0 Å². The SMILES string of the molecule is Cc1nc(N)nc(N)c1C#CC1(c2ccc(Cl)cc2)CCCC1. The Morgan fingerprint density at radius 1 is 1.09 bits per heavy atom. The van der Waals surface area contributed by atoms with Gasteiger partial charge in [-0.05, 0) is 37.5 Å². The van der Waals surface area contributed by atoms with E-state index in [-0.39, 0.29) is 11.4 Å². The van der Waals surface area contributed by atoms with Gasteiger partial charge in [0, 0.05) is 5.02 Å². The molecule has 0 atom stereocenters. The fraction of sp³-hybridized carbons (Fsp3) is 0.333. The van der Waals surface area contributed by atoms with Gasteiger partial charge in [0.05, 0.1) is 16.7 Å². The summed E-state index contributed by atoms with van der Waals surface area (Å²) >= 11 is 6.01. The number of aromatic nitrogens is 2. The van der Waals surface area contributed by atoms with E-state index in [2.05, 4.69) is 33.9 Å². The average Bonchev–Trinajstić information content (AvgIpc) is 2.97. The van der Waals surface area contributed by atoms with E-state index in [1.807, 2.05) is 19.1 Å². The van der Waals surface area contributed by atoms with E-state index in [1.165, 1.54) is 18.4 Å². The lowest BCUT2D eigenvalue weighted by molar-refractivity contribution is 0.581. The highest BCUT2D eigenvalue weighted by Gasteiger charge is 2.33. The van der Waals surface area contributed by atoms with E-state index in [0.29, 0.717) is 17.1 Å². The molecule has 4 nitrogen and oxygen atoms in total. The molecule has 0 radical (unpaired) electrons. The summed E-state index contributed by atoms with van der Waals surface area (Å²) in [4.78, 5) is 8.16. The van der Waals surface area contributed by atoms with Gasteiger partial charge in [0.2, 0.25) is 5.95 Å². The zero-order valence-electron chi connectivity index (χ0n) is 13.1. The first kappa shape index (κ1) is 15.6. The number of rotatable bonds is 1. The minimum Gasteiger partial charge on any atom is -0.382 e. The number of nitrogen functional groups attached to an aromatic ring is 2. The fourth-order valence-electron chi connectivity index (χ4n) is 3.19. The highest BCUT2D eigenvalue weighted by atomic mass is 35.5. The van der Waals surface area contributed by atoms with Crippen molar-refractivity contribution in [2.24, 2.45) is 0 Å². The summed E-state index contributed by atoms with van der Waals surface area (Å²) in [7, 11) is 0. The number of hydrogen-bond acceptors (Lipinski definition) is 4. The summed E-state index contributed by atoms with van der Waals surface area (Å²) in [6.45, 7) is 1.85. The van der Waals surface area contributed by atoms with Crippen LogP contribution in [0.4, 0.5) is 11.8 Å². The predicted molar refractivity (Wildman–Crippen MR) is 94.1 cm³/mol. The molecular weight excluding hydrogens is 308 g/mol. The average molecular weight is 327 g/mol. The van der Waals surface area contributed by atoms with Crippen molar-refractivity contribution in [2.75, 3.05) is 11.5 Å². The van der Waals surface area contributed by atoms with Crippen molar-refractivity contribution in [1.82, 2.24) is 9.97 Å². The van der Waals surface area contributed by atoms with Crippen LogP contribution in [0.5, 0.6) is 0 Å². The van der Waals surface area contributed by atoms with Crippen LogP contribution in [0.1, 0.15) is 42.5 Å². The third kappa shape index (κ3) is 3.11. The molecule has 4 N–H and O–H groups in total. The molecule has 5 heteroatoms. The lowest BCUT2D eigenvalue weighted by atomic mass is 9.79. The predicted octanol–water partition coefficient (Wildman–Crippen LogP) is 3.47. The highest BCUT2D eigenvalue weighted by molar-refractivity contribution is 6.30. The van der Waals surface area contributed by atoms with E-state index in [1.54, 1.807) is 0 Å². The van der Waals surface area contributed by atoms with Crippen molar-refractivity contribution in [1.29, 1.82) is 0 Å². The molecule has 23 heavy (non-hydrogen) atoms. The summed E-state index contributed by atoms with van der Waals surface area (Å²) in [5, 5.41) is 0.738. The maximum Gasteiger partial charge on any atom is 0.222 e. The largest absolute Gasteiger partial charge is 0.382 e. The van der Waals surface area contributed by atoms with E-state index in [0.717, 1.165) is 17.9 Å². The first-order chi connectivity index (χ1) is 11.0. The van der Waals surface area contributed by atoms with Crippen LogP contribution < -0.4 is 11.5 Å². The molecule has 1 fully saturated rings. The number of hydrogen-bond donors (Lipinski definition) is 2. The van der Waals surface area contributed by atoms with Crippen LogP contribution in [0.2, 0.25) is 5.02 Å². The summed E-state index contributed by atoms with van der Waals surface area (Å²) in [5.41, 5.74) is 14.0. The Labute approximate surface area is 141 Å². The second-order valence-electron chi connectivity index (χ2n) is 5.97. The van der Waals surface area contributed by atoms with Gasteiger partial charge in [-0.3, -0.25) is 0 Å². The quantitative estimate of drug-likeness (QED) is 0.787. The Morgan fingerprint density at radius 3 is 2.35 bits per heavy atom. The van der Waals surface area contributed by atoms with E-state index in [9.17, 15) is 0 Å². The summed E-state index contributed by atoms with van der Waals surface area (Å²) in [5.74, 6) is 7.19. The molecule has 1 aromatic heterocycles. The lowest BCUT2D eigenvalue weighted by Gasteiger charge is -2.23. The number of nitrogens with two attached hydrogens (primary N) is 2. The maximum atomic E-state index is 6.01. The minimum atomic E-state index is -0.148. The third-order valence-corrected chi connectivity index (χ3v) is 4.67. The van der Waals surface area contributed by atoms with Gasteiger partial charge in [-0.1, -0.05) is 48.4 Å². The summed E-state index contributed by atoms with van der Waals surface area (Å²) < 4.78 is 0. The number of benzene rings is 1. The Hall–Kier alpha value is -2.25. The van der Waals surface area contributed by atoms with E-state index >= 15 is 0 Å². The summed E-state index contributed by atoms with van der Waals surface area (Å²) in [6.07, 6.45) is 4.42. The second-order valence-corrected chi connectivity index (χ2v) is 6.41. The molecule has 0 unspecified atom stereocenters. The van der Waals surface area contributed by atoms with Crippen LogP contribution >= 0.6 is 11.6 Å². The molecule has 1 aliphatic carbocycles. The Kier molecular flexibility index (Phi) is 4.14. The molecule has 3 rings (SSSR count). The van der Waals surface area contributed by atoms with Crippen LogP contribution in [0.15, 0.2) is 24.3 Å². The standard InChI is InChI=1S/C18H19ClN4/c1-12-15(16(20)23-17(21)22-12)8-11-18(9-2-3-10-18)13-4-6-14(19)7-5-13/h4-7H,2-3,9-10H2,1H3,(H4,20,21,22,23). The molecule has 1 saturated carbocycles. The molecule has 0 saturated heterocycles. The number of anilines is 2. The van der Waals surface area contributed by atoms with E-state index < -0.39 is 0 Å². The zero-order valence-corrected chi connectivity index (χ0v) is 13.8. The van der Waals surface area contributed by atoms with Crippen LogP contribution in [-0.4, -0.2) is 9.97 Å². The monoisotopic (exact) mass is 326 g/mol. The van der Waals surface area contributed by atoms with Crippen LogP contribution in [-0.2, 0) is 5.41 Å². The first-order valence-corrected chi connectivity index (χ1v) is 8.07. The van der Waals surface area contributed by atoms with Crippen LogP contribution in [0, 0.1) is 18.8 Å². The molecule has 118 valence electrons. The second kappa shape index (κ2) is 6.10. The number of aryl methyl sites for hydroxylation is 1. The molecule has 0 spiro atoms. The topological polar surface area (TPSA) is 77.8 Å². The van der Waals surface area contributed by atoms with Crippen molar-refractivity contribution in [3.05, 3.63) is 46.1 Å². The van der Waals surface area contributed by atoms with Crippen molar-refractivity contribution >= 4 is 23.4 Å². The van der Waals surface area contributed by atoms with Gasteiger partial charge < -0.3 is 11.5 Å². The molecule has 0 amide bonds. The molecule has 1 aliphatic rings. The molecule has 2 aromatic rings. The number of nitrogens with zero attached hydrogens (tertiary/aromatic N) is 2. The molecule has 1 aromatic carbocycles. The summed E-state index contributed by atoms with van der Waals surface area (Å²) in [6, 6.07) is 7.98. The number of halogens is 1. The Balaban J connectivity index is 2.04. The van der Waals surface area contributed by atoms with Crippen molar-refractivity contribution < 1.29 is 0 Å². The minimum absolute atomic E-state index is 0.148. The van der Waals surface area contributed by atoms with Gasteiger partial charge in [-0.2, -0.15) is 4.98 Å². The van der Waals surface area contributed by atoms with Gasteiger partial charge >= 0.3 is 0 Å². The first-order valence-electron chi connectivity index (χ1n) is 7.69. The van der Waals surface area contributed by atoms with Gasteiger partial charge in [0.15, 0.2) is 0 Å². The Bertz CT molecular complexity index is 758. The molecule has 0 bridgehead atoms. The van der Waals surface area contributed by atoms with Crippen LogP contribution in [0.3, 0.4) is 0 Å². The lowest BCUT2D eigenvalue weighted by Crippen LogP contribution is -2.19. The molecule has 0 aliphatic heterocycles. The molecular formula is C18H19ClN4. The van der Waals surface area contributed by atoms with Crippen molar-refractivity contribution in [3.63, 3.8) is 0 Å². The van der Waals surface area contributed by atoms with Gasteiger partial charge in [-0.25, -0.2) is 4.98 Å². The van der Waals surface area contributed by atoms with E-state index in [4.69, 9.17) is 23.1 Å². The van der Waals surface area contributed by atoms with Crippen molar-refractivity contribution in [3.8, 4) is 11.8 Å². The van der Waals surface area contributed by atoms with Gasteiger partial charge in [-0.15, -0.1) is 0 Å². The maximum absolute atomic E-state index is 6.01. The van der Waals surface area contributed by atoms with Crippen LogP contribution in [0.25, 0.3) is 0 Å². The Morgan fingerprint density at radius 2 is 1.74 bits per heavy atom. The zero-order chi connectivity index (χ0) is 16.4. The highest BCUT2D eigenvalue weighted by Crippen LogP contribution is 2.41. The molecule has 1 heterocycles. The smallest absolute Gasteiger partial charge is 0.222 e. The third-order valence-electron chi connectivity index (χ3n) is 4.42.